The van der Waals surface area contributed by atoms with E-state index in [9.17, 15) is 0 Å². The fourth-order valence-electron chi connectivity index (χ4n) is 2.76. The number of hydrogen-bond acceptors (Lipinski definition) is 3. The summed E-state index contributed by atoms with van der Waals surface area (Å²) in [5.74, 6) is 1.52. The maximum Gasteiger partial charge on any atom is 0.123 e. The molecule has 0 radical (unpaired) electrons. The van der Waals surface area contributed by atoms with E-state index in [1.807, 2.05) is 18.2 Å². The van der Waals surface area contributed by atoms with Crippen molar-refractivity contribution >= 4 is 11.6 Å². The van der Waals surface area contributed by atoms with Crippen LogP contribution in [0, 0.1) is 5.92 Å². The molecule has 2 unspecified atom stereocenters. The molecule has 0 bridgehead atoms. The first-order valence-corrected chi connectivity index (χ1v) is 7.28. The highest BCUT2D eigenvalue weighted by molar-refractivity contribution is 6.30. The summed E-state index contributed by atoms with van der Waals surface area (Å²) >= 11 is 6.09. The van der Waals surface area contributed by atoms with Crippen LogP contribution in [-0.2, 0) is 6.54 Å². The molecule has 3 nitrogen and oxygen atoms in total. The largest absolute Gasteiger partial charge is 0.496 e. The lowest BCUT2D eigenvalue weighted by Gasteiger charge is -2.37. The molecule has 1 saturated heterocycles. The van der Waals surface area contributed by atoms with Crippen molar-refractivity contribution in [3.63, 3.8) is 0 Å². The fraction of sp³-hybridized carbons (Fsp3) is 0.600. The number of methoxy groups -OCH3 is 1. The van der Waals surface area contributed by atoms with Crippen molar-refractivity contribution < 1.29 is 4.74 Å². The number of rotatable bonds is 4. The Kier molecular flexibility index (Phi) is 5.08. The molecule has 1 aromatic carbocycles. The number of halogens is 1. The Balaban J connectivity index is 2.12. The molecule has 0 spiro atoms. The smallest absolute Gasteiger partial charge is 0.123 e. The maximum atomic E-state index is 6.09. The van der Waals surface area contributed by atoms with Gasteiger partial charge in [-0.05, 0) is 50.4 Å². The van der Waals surface area contributed by atoms with Gasteiger partial charge in [-0.1, -0.05) is 11.6 Å². The summed E-state index contributed by atoms with van der Waals surface area (Å²) in [5, 5.41) is 0.760. The predicted octanol–water partition coefficient (Wildman–Crippen LogP) is 2.91. The van der Waals surface area contributed by atoms with Crippen LogP contribution in [0.3, 0.4) is 0 Å². The molecular weight excluding hydrogens is 260 g/mol. The van der Waals surface area contributed by atoms with Crippen molar-refractivity contribution in [1.29, 1.82) is 0 Å². The van der Waals surface area contributed by atoms with Crippen LogP contribution in [0.4, 0.5) is 0 Å². The van der Waals surface area contributed by atoms with Crippen molar-refractivity contribution in [2.24, 2.45) is 11.7 Å². The highest BCUT2D eigenvalue weighted by Gasteiger charge is 2.25. The van der Waals surface area contributed by atoms with Gasteiger partial charge in [0.2, 0.25) is 0 Å². The van der Waals surface area contributed by atoms with Gasteiger partial charge in [0.15, 0.2) is 0 Å². The highest BCUT2D eigenvalue weighted by Crippen LogP contribution is 2.28. The molecule has 0 amide bonds. The van der Waals surface area contributed by atoms with E-state index in [1.54, 1.807) is 7.11 Å². The Bertz CT molecular complexity index is 425. The van der Waals surface area contributed by atoms with Gasteiger partial charge in [0.25, 0.3) is 0 Å². The molecule has 0 aromatic heterocycles. The molecule has 4 heteroatoms. The molecule has 2 rings (SSSR count). The third-order valence-electron chi connectivity index (χ3n) is 4.06. The van der Waals surface area contributed by atoms with E-state index < -0.39 is 0 Å². The summed E-state index contributed by atoms with van der Waals surface area (Å²) in [7, 11) is 1.70. The highest BCUT2D eigenvalue weighted by atomic mass is 35.5. The summed E-state index contributed by atoms with van der Waals surface area (Å²) < 4.78 is 5.42. The molecule has 0 aliphatic carbocycles. The normalized spacial score (nSPS) is 24.4. The maximum absolute atomic E-state index is 6.09. The monoisotopic (exact) mass is 282 g/mol. The van der Waals surface area contributed by atoms with Gasteiger partial charge in [0, 0.05) is 29.7 Å². The Morgan fingerprint density at radius 1 is 1.42 bits per heavy atom. The number of nitrogens with zero attached hydrogens (tertiary/aromatic N) is 1. The molecule has 19 heavy (non-hydrogen) atoms. The molecule has 1 fully saturated rings. The summed E-state index contributed by atoms with van der Waals surface area (Å²) in [6.07, 6.45) is 2.45. The van der Waals surface area contributed by atoms with Crippen LogP contribution in [0.5, 0.6) is 5.75 Å². The van der Waals surface area contributed by atoms with Crippen LogP contribution < -0.4 is 10.5 Å². The van der Waals surface area contributed by atoms with Gasteiger partial charge in [-0.15, -0.1) is 0 Å². The second-order valence-corrected chi connectivity index (χ2v) is 5.85. The lowest BCUT2D eigenvalue weighted by atomic mass is 9.93. The Labute approximate surface area is 120 Å². The molecule has 0 saturated carbocycles. The third kappa shape index (κ3) is 3.62. The third-order valence-corrected chi connectivity index (χ3v) is 4.29. The van der Waals surface area contributed by atoms with Gasteiger partial charge >= 0.3 is 0 Å². The molecule has 2 N–H and O–H groups in total. The number of benzene rings is 1. The zero-order chi connectivity index (χ0) is 13.8. The van der Waals surface area contributed by atoms with Crippen molar-refractivity contribution in [2.45, 2.75) is 32.4 Å². The molecule has 1 aliphatic rings. The van der Waals surface area contributed by atoms with Crippen LogP contribution in [0.25, 0.3) is 0 Å². The van der Waals surface area contributed by atoms with Crippen LogP contribution in [0.2, 0.25) is 5.02 Å². The second-order valence-electron chi connectivity index (χ2n) is 5.41. The van der Waals surface area contributed by atoms with Crippen LogP contribution in [0.1, 0.15) is 25.3 Å². The minimum atomic E-state index is 0.589. The second kappa shape index (κ2) is 6.60. The van der Waals surface area contributed by atoms with Gasteiger partial charge in [-0.3, -0.25) is 4.90 Å². The topological polar surface area (TPSA) is 38.5 Å². The number of piperidine rings is 1. The quantitative estimate of drug-likeness (QED) is 0.923. The first kappa shape index (κ1) is 14.6. The zero-order valence-corrected chi connectivity index (χ0v) is 12.5. The van der Waals surface area contributed by atoms with Crippen LogP contribution >= 0.6 is 11.6 Å². The SMILES string of the molecule is COc1ccc(Cl)cc1CN1CC(CN)CCC1C. The number of ether oxygens (including phenoxy) is 1. The number of likely N-dealkylation sites (tertiary alicyclic amines) is 1. The van der Waals surface area contributed by atoms with E-state index in [1.165, 1.54) is 12.8 Å². The van der Waals surface area contributed by atoms with Crippen molar-refractivity contribution in [3.8, 4) is 5.75 Å². The van der Waals surface area contributed by atoms with E-state index >= 15 is 0 Å². The molecule has 106 valence electrons. The summed E-state index contributed by atoms with van der Waals surface area (Å²) in [6.45, 7) is 4.99. The van der Waals surface area contributed by atoms with Gasteiger partial charge in [-0.2, -0.15) is 0 Å². The van der Waals surface area contributed by atoms with Gasteiger partial charge in [0.1, 0.15) is 5.75 Å². The molecule has 2 atom stereocenters. The van der Waals surface area contributed by atoms with Crippen LogP contribution in [-0.4, -0.2) is 31.1 Å². The minimum absolute atomic E-state index is 0.589. The Hall–Kier alpha value is -0.770. The molecular formula is C15H23ClN2O. The van der Waals surface area contributed by atoms with Gasteiger partial charge in [0.05, 0.1) is 7.11 Å². The summed E-state index contributed by atoms with van der Waals surface area (Å²) in [5.41, 5.74) is 6.96. The average Bonchev–Trinajstić information content (AvgIpc) is 2.41. The predicted molar refractivity (Wildman–Crippen MR) is 79.7 cm³/mol. The van der Waals surface area contributed by atoms with Crippen molar-refractivity contribution in [2.75, 3.05) is 20.2 Å². The van der Waals surface area contributed by atoms with E-state index in [-0.39, 0.29) is 0 Å². The fourth-order valence-corrected chi connectivity index (χ4v) is 2.96. The summed E-state index contributed by atoms with van der Waals surface area (Å²) in [4.78, 5) is 2.48. The molecule has 1 aromatic rings. The van der Waals surface area contributed by atoms with Gasteiger partial charge in [-0.25, -0.2) is 0 Å². The molecule has 1 heterocycles. The average molecular weight is 283 g/mol. The standard InChI is InChI=1S/C15H23ClN2O/c1-11-3-4-12(8-17)9-18(11)10-13-7-14(16)5-6-15(13)19-2/h5-7,11-12H,3-4,8-10,17H2,1-2H3. The number of hydrogen-bond donors (Lipinski definition) is 1. The van der Waals surface area contributed by atoms with E-state index in [2.05, 4.69) is 11.8 Å². The van der Waals surface area contributed by atoms with Crippen molar-refractivity contribution in [3.05, 3.63) is 28.8 Å². The summed E-state index contributed by atoms with van der Waals surface area (Å²) in [6, 6.07) is 6.39. The zero-order valence-electron chi connectivity index (χ0n) is 11.7. The minimum Gasteiger partial charge on any atom is -0.496 e. The van der Waals surface area contributed by atoms with Crippen molar-refractivity contribution in [1.82, 2.24) is 4.90 Å². The first-order valence-electron chi connectivity index (χ1n) is 6.90. The first-order chi connectivity index (χ1) is 9.13. The van der Waals surface area contributed by atoms with E-state index in [4.69, 9.17) is 22.1 Å². The van der Waals surface area contributed by atoms with E-state index in [0.29, 0.717) is 12.0 Å². The lowest BCUT2D eigenvalue weighted by molar-refractivity contribution is 0.112. The Morgan fingerprint density at radius 2 is 2.21 bits per heavy atom. The van der Waals surface area contributed by atoms with E-state index in [0.717, 1.165) is 36.0 Å². The molecule has 1 aliphatic heterocycles. The number of nitrogens with two attached hydrogens (primary N) is 1. The lowest BCUT2D eigenvalue weighted by Crippen LogP contribution is -2.43. The van der Waals surface area contributed by atoms with Crippen LogP contribution in [0.15, 0.2) is 18.2 Å². The Morgan fingerprint density at radius 3 is 2.89 bits per heavy atom. The van der Waals surface area contributed by atoms with Gasteiger partial charge < -0.3 is 10.5 Å².